The molecule has 0 aliphatic rings. The third-order valence-electron chi connectivity index (χ3n) is 3.29. The van der Waals surface area contributed by atoms with Crippen molar-refractivity contribution < 1.29 is 8.42 Å². The minimum absolute atomic E-state index is 0.222. The van der Waals surface area contributed by atoms with Crippen LogP contribution in [0.5, 0.6) is 0 Å². The molecule has 102 valence electrons. The maximum Gasteiger partial charge on any atom is 0.151 e. The van der Waals surface area contributed by atoms with Gasteiger partial charge in [-0.15, -0.1) is 0 Å². The Bertz CT molecular complexity index is 710. The van der Waals surface area contributed by atoms with Crippen molar-refractivity contribution in [3.63, 3.8) is 0 Å². The average molecular weight is 406 g/mol. The SMILES string of the molecule is CC(C(Br)c1ccc(Br)c2ccccc12)S(C)(=O)=O. The molecule has 0 aliphatic carbocycles. The third-order valence-corrected chi connectivity index (χ3v) is 7.24. The molecule has 0 fully saturated rings. The van der Waals surface area contributed by atoms with Crippen LogP contribution in [-0.2, 0) is 9.84 Å². The molecule has 2 atom stereocenters. The van der Waals surface area contributed by atoms with Crippen molar-refractivity contribution >= 4 is 52.5 Å². The second kappa shape index (κ2) is 5.54. The molecule has 0 spiro atoms. The maximum atomic E-state index is 11.7. The second-order valence-corrected chi connectivity index (χ2v) is 8.86. The van der Waals surface area contributed by atoms with Gasteiger partial charge in [0.1, 0.15) is 0 Å². The van der Waals surface area contributed by atoms with Crippen molar-refractivity contribution in [1.29, 1.82) is 0 Å². The van der Waals surface area contributed by atoms with Gasteiger partial charge in [0.25, 0.3) is 0 Å². The van der Waals surface area contributed by atoms with Crippen LogP contribution in [0.3, 0.4) is 0 Å². The van der Waals surface area contributed by atoms with Crippen molar-refractivity contribution in [2.24, 2.45) is 0 Å². The second-order valence-electron chi connectivity index (χ2n) is 4.62. The minimum Gasteiger partial charge on any atom is -0.229 e. The van der Waals surface area contributed by atoms with Crippen LogP contribution in [0.1, 0.15) is 17.3 Å². The molecule has 2 rings (SSSR count). The quantitative estimate of drug-likeness (QED) is 0.705. The summed E-state index contributed by atoms with van der Waals surface area (Å²) in [5.74, 6) is 0. The zero-order valence-electron chi connectivity index (χ0n) is 10.6. The molecule has 2 aromatic carbocycles. The summed E-state index contributed by atoms with van der Waals surface area (Å²) in [5.41, 5.74) is 0.997. The molecule has 0 saturated carbocycles. The molecule has 0 aliphatic heterocycles. The standard InChI is InChI=1S/C14H14Br2O2S/c1-9(19(2,17)18)14(16)12-7-8-13(15)11-6-4-3-5-10(11)12/h3-9,14H,1-2H3. The van der Waals surface area contributed by atoms with Crippen LogP contribution < -0.4 is 0 Å². The summed E-state index contributed by atoms with van der Waals surface area (Å²) in [4.78, 5) is -0.222. The lowest BCUT2D eigenvalue weighted by atomic mass is 10.0. The van der Waals surface area contributed by atoms with E-state index >= 15 is 0 Å². The fraction of sp³-hybridized carbons (Fsp3) is 0.286. The highest BCUT2D eigenvalue weighted by Gasteiger charge is 2.26. The van der Waals surface area contributed by atoms with E-state index in [0.29, 0.717) is 0 Å². The van der Waals surface area contributed by atoms with Gasteiger partial charge >= 0.3 is 0 Å². The van der Waals surface area contributed by atoms with E-state index in [-0.39, 0.29) is 4.83 Å². The number of hydrogen-bond acceptors (Lipinski definition) is 2. The van der Waals surface area contributed by atoms with E-state index in [1.807, 2.05) is 36.4 Å². The molecule has 0 saturated heterocycles. The Hall–Kier alpha value is -0.390. The number of alkyl halides is 1. The van der Waals surface area contributed by atoms with Crippen LogP contribution in [0.2, 0.25) is 0 Å². The van der Waals surface area contributed by atoms with E-state index in [1.165, 1.54) is 6.26 Å². The number of fused-ring (bicyclic) bond motifs is 1. The van der Waals surface area contributed by atoms with Gasteiger partial charge < -0.3 is 0 Å². The van der Waals surface area contributed by atoms with E-state index in [4.69, 9.17) is 0 Å². The first-order chi connectivity index (χ1) is 8.82. The Balaban J connectivity index is 2.61. The van der Waals surface area contributed by atoms with Crippen LogP contribution in [0, 0.1) is 0 Å². The number of halogens is 2. The van der Waals surface area contributed by atoms with Gasteiger partial charge in [-0.05, 0) is 29.3 Å². The Labute approximate surface area is 130 Å². The summed E-state index contributed by atoms with van der Waals surface area (Å²) in [6.45, 7) is 1.73. The molecule has 0 radical (unpaired) electrons. The summed E-state index contributed by atoms with van der Waals surface area (Å²) < 4.78 is 24.4. The number of sulfone groups is 1. The normalized spacial score (nSPS) is 15.4. The number of rotatable bonds is 3. The highest BCUT2D eigenvalue weighted by Crippen LogP contribution is 2.37. The lowest BCUT2D eigenvalue weighted by Gasteiger charge is -2.19. The van der Waals surface area contributed by atoms with Crippen molar-refractivity contribution in [2.75, 3.05) is 6.26 Å². The summed E-state index contributed by atoms with van der Waals surface area (Å²) in [6, 6.07) is 11.9. The molecule has 19 heavy (non-hydrogen) atoms. The summed E-state index contributed by atoms with van der Waals surface area (Å²) in [6.07, 6.45) is 1.27. The molecule has 0 amide bonds. The van der Waals surface area contributed by atoms with Crippen LogP contribution in [0.25, 0.3) is 10.8 Å². The Kier molecular flexibility index (Phi) is 4.38. The molecule has 0 bridgehead atoms. The lowest BCUT2D eigenvalue weighted by molar-refractivity contribution is 0.588. The monoisotopic (exact) mass is 404 g/mol. The number of hydrogen-bond donors (Lipinski definition) is 0. The van der Waals surface area contributed by atoms with Gasteiger partial charge in [0.05, 0.1) is 10.1 Å². The first-order valence-corrected chi connectivity index (χ1v) is 9.49. The average Bonchev–Trinajstić information content (AvgIpc) is 2.37. The van der Waals surface area contributed by atoms with Crippen LogP contribution in [0.15, 0.2) is 40.9 Å². The summed E-state index contributed by atoms with van der Waals surface area (Å²) >= 11 is 7.06. The molecule has 2 unspecified atom stereocenters. The van der Waals surface area contributed by atoms with Gasteiger partial charge in [-0.25, -0.2) is 8.42 Å². The van der Waals surface area contributed by atoms with Gasteiger partial charge in [-0.1, -0.05) is 62.2 Å². The van der Waals surface area contributed by atoms with Crippen molar-refractivity contribution in [3.8, 4) is 0 Å². The fourth-order valence-electron chi connectivity index (χ4n) is 2.00. The van der Waals surface area contributed by atoms with E-state index in [0.717, 1.165) is 20.8 Å². The molecule has 0 N–H and O–H groups in total. The molecule has 2 aromatic rings. The minimum atomic E-state index is -3.09. The highest BCUT2D eigenvalue weighted by atomic mass is 79.9. The predicted octanol–water partition coefficient (Wildman–Crippen LogP) is 4.47. The maximum absolute atomic E-state index is 11.7. The molecular formula is C14H14Br2O2S. The molecule has 0 heterocycles. The van der Waals surface area contributed by atoms with Gasteiger partial charge in [-0.3, -0.25) is 0 Å². The van der Waals surface area contributed by atoms with Crippen molar-refractivity contribution in [3.05, 3.63) is 46.4 Å². The third kappa shape index (κ3) is 3.03. The van der Waals surface area contributed by atoms with Crippen LogP contribution in [0.4, 0.5) is 0 Å². The number of benzene rings is 2. The van der Waals surface area contributed by atoms with Gasteiger partial charge in [-0.2, -0.15) is 0 Å². The first kappa shape index (κ1) is 15.0. The highest BCUT2D eigenvalue weighted by molar-refractivity contribution is 9.10. The first-order valence-electron chi connectivity index (χ1n) is 5.82. The van der Waals surface area contributed by atoms with E-state index in [2.05, 4.69) is 31.9 Å². The Morgan fingerprint density at radius 3 is 2.21 bits per heavy atom. The van der Waals surface area contributed by atoms with E-state index in [1.54, 1.807) is 6.92 Å². The smallest absolute Gasteiger partial charge is 0.151 e. The van der Waals surface area contributed by atoms with Gasteiger partial charge in [0, 0.05) is 10.7 Å². The Morgan fingerprint density at radius 1 is 1.05 bits per heavy atom. The van der Waals surface area contributed by atoms with Crippen LogP contribution >= 0.6 is 31.9 Å². The predicted molar refractivity (Wildman–Crippen MR) is 87.6 cm³/mol. The summed E-state index contributed by atoms with van der Waals surface area (Å²) in [7, 11) is -3.09. The molecule has 0 aromatic heterocycles. The van der Waals surface area contributed by atoms with Crippen molar-refractivity contribution in [2.45, 2.75) is 17.0 Å². The molecule has 2 nitrogen and oxygen atoms in total. The van der Waals surface area contributed by atoms with E-state index in [9.17, 15) is 8.42 Å². The van der Waals surface area contributed by atoms with Crippen molar-refractivity contribution in [1.82, 2.24) is 0 Å². The van der Waals surface area contributed by atoms with Gasteiger partial charge in [0.2, 0.25) is 0 Å². The Morgan fingerprint density at radius 2 is 1.63 bits per heavy atom. The topological polar surface area (TPSA) is 34.1 Å². The fourth-order valence-corrected chi connectivity index (χ4v) is 4.63. The largest absolute Gasteiger partial charge is 0.229 e. The van der Waals surface area contributed by atoms with Gasteiger partial charge in [0.15, 0.2) is 9.84 Å². The zero-order chi connectivity index (χ0) is 14.2. The van der Waals surface area contributed by atoms with Crippen LogP contribution in [-0.4, -0.2) is 19.9 Å². The lowest BCUT2D eigenvalue weighted by Crippen LogP contribution is -2.21. The molecular weight excluding hydrogens is 392 g/mol. The summed E-state index contributed by atoms with van der Waals surface area (Å²) in [5, 5.41) is 1.68. The zero-order valence-corrected chi connectivity index (χ0v) is 14.6. The van der Waals surface area contributed by atoms with E-state index < -0.39 is 15.1 Å². The molecule has 5 heteroatoms.